The molecule has 0 saturated carbocycles. The van der Waals surface area contributed by atoms with Crippen LogP contribution in [-0.4, -0.2) is 28.4 Å². The van der Waals surface area contributed by atoms with E-state index < -0.39 is 35.4 Å². The number of nitrogens with one attached hydrogen (secondary N) is 1. The maximum absolute atomic E-state index is 15.2. The first kappa shape index (κ1) is 24.6. The molecule has 1 aliphatic rings. The number of hydrogen-bond acceptors (Lipinski definition) is 4. The molecule has 0 aliphatic carbocycles. The van der Waals surface area contributed by atoms with Crippen molar-refractivity contribution in [1.82, 2.24) is 9.55 Å². The number of ether oxygens (including phenoxy) is 2. The number of rotatable bonds is 7. The maximum atomic E-state index is 15.2. The van der Waals surface area contributed by atoms with Crippen LogP contribution in [0, 0.1) is 3.57 Å². The number of aromatic amines is 1. The smallest absolute Gasteiger partial charge is 0.330 e. The molecule has 2 heterocycles. The summed E-state index contributed by atoms with van der Waals surface area (Å²) in [6.45, 7) is -0.0501. The van der Waals surface area contributed by atoms with E-state index in [4.69, 9.17) is 9.47 Å². The van der Waals surface area contributed by atoms with Gasteiger partial charge in [0.05, 0.1) is 10.2 Å². The number of aromatic nitrogens is 2. The van der Waals surface area contributed by atoms with Gasteiger partial charge >= 0.3 is 5.69 Å². The van der Waals surface area contributed by atoms with Crippen LogP contribution in [0.4, 0.5) is 4.39 Å². The van der Waals surface area contributed by atoms with E-state index in [9.17, 15) is 9.59 Å². The zero-order chi connectivity index (χ0) is 25.1. The molecule has 3 atom stereocenters. The maximum Gasteiger partial charge on any atom is 0.330 e. The van der Waals surface area contributed by atoms with Crippen molar-refractivity contribution in [3.63, 3.8) is 0 Å². The van der Waals surface area contributed by atoms with Crippen molar-refractivity contribution in [3.8, 4) is 0 Å². The van der Waals surface area contributed by atoms with E-state index in [0.29, 0.717) is 3.57 Å². The van der Waals surface area contributed by atoms with Crippen LogP contribution in [0.15, 0.2) is 107 Å². The molecule has 1 aromatic heterocycles. The standard InChI is InChI=1S/C28H24FIN2O4/c29-22-16-25(32-17-23(30)26(33)31-27(32)34)36-24(22)18-35-28(19-10-4-1-5-11-19,20-12-6-2-7-13-20)21-14-8-3-9-15-21/h1-15,17,22,24-25H,16,18H2,(H,31,33,34)/t22-,24+,25+/m1/s1. The number of benzene rings is 3. The Morgan fingerprint density at radius 2 is 1.42 bits per heavy atom. The summed E-state index contributed by atoms with van der Waals surface area (Å²) in [5, 5.41) is 0. The van der Waals surface area contributed by atoms with Gasteiger partial charge in [0.15, 0.2) is 0 Å². The lowest BCUT2D eigenvalue weighted by atomic mass is 9.80. The Labute approximate surface area is 220 Å². The van der Waals surface area contributed by atoms with E-state index in [1.165, 1.54) is 10.8 Å². The third kappa shape index (κ3) is 4.68. The van der Waals surface area contributed by atoms with Crippen LogP contribution >= 0.6 is 22.6 Å². The Balaban J connectivity index is 1.50. The fourth-order valence-corrected chi connectivity index (χ4v) is 5.10. The van der Waals surface area contributed by atoms with Gasteiger partial charge in [0.1, 0.15) is 24.1 Å². The summed E-state index contributed by atoms with van der Waals surface area (Å²) in [4.78, 5) is 26.3. The Kier molecular flexibility index (Phi) is 7.17. The molecule has 1 aliphatic heterocycles. The first-order chi connectivity index (χ1) is 17.5. The SMILES string of the molecule is O=c1[nH]c(=O)n([C@@H]2C[C@@H](F)[C@H](COC(c3ccccc3)(c3ccccc3)c3ccccc3)O2)cc1I. The van der Waals surface area contributed by atoms with Crippen LogP contribution in [-0.2, 0) is 15.1 Å². The minimum Gasteiger partial charge on any atom is -0.358 e. The molecule has 1 N–H and O–H groups in total. The monoisotopic (exact) mass is 598 g/mol. The molecule has 36 heavy (non-hydrogen) atoms. The van der Waals surface area contributed by atoms with Crippen molar-refractivity contribution in [2.75, 3.05) is 6.61 Å². The van der Waals surface area contributed by atoms with E-state index in [0.717, 1.165) is 16.7 Å². The van der Waals surface area contributed by atoms with Gasteiger partial charge in [-0.3, -0.25) is 14.3 Å². The van der Waals surface area contributed by atoms with E-state index in [-0.39, 0.29) is 13.0 Å². The van der Waals surface area contributed by atoms with Crippen molar-refractivity contribution in [2.24, 2.45) is 0 Å². The highest BCUT2D eigenvalue weighted by Crippen LogP contribution is 2.41. The van der Waals surface area contributed by atoms with Crippen molar-refractivity contribution in [2.45, 2.75) is 30.5 Å². The van der Waals surface area contributed by atoms with Gasteiger partial charge in [-0.1, -0.05) is 91.0 Å². The summed E-state index contributed by atoms with van der Waals surface area (Å²) in [6.07, 6.45) is -1.73. The van der Waals surface area contributed by atoms with E-state index in [2.05, 4.69) is 4.98 Å². The van der Waals surface area contributed by atoms with Gasteiger partial charge in [0.2, 0.25) is 0 Å². The summed E-state index contributed by atoms with van der Waals surface area (Å²) in [5.74, 6) is 0. The quantitative estimate of drug-likeness (QED) is 0.246. The third-order valence-electron chi connectivity index (χ3n) is 6.40. The highest BCUT2D eigenvalue weighted by molar-refractivity contribution is 14.1. The Morgan fingerprint density at radius 1 is 0.917 bits per heavy atom. The van der Waals surface area contributed by atoms with Crippen LogP contribution in [0.1, 0.15) is 29.3 Å². The van der Waals surface area contributed by atoms with Crippen molar-refractivity contribution in [3.05, 3.63) is 138 Å². The summed E-state index contributed by atoms with van der Waals surface area (Å²) in [6, 6.07) is 29.5. The van der Waals surface area contributed by atoms with Gasteiger partial charge in [-0.2, -0.15) is 0 Å². The lowest BCUT2D eigenvalue weighted by molar-refractivity contribution is -0.0868. The largest absolute Gasteiger partial charge is 0.358 e. The number of hydrogen-bond donors (Lipinski definition) is 1. The van der Waals surface area contributed by atoms with Crippen molar-refractivity contribution < 1.29 is 13.9 Å². The van der Waals surface area contributed by atoms with Crippen LogP contribution < -0.4 is 11.2 Å². The lowest BCUT2D eigenvalue weighted by Gasteiger charge is -2.36. The predicted octanol–water partition coefficient (Wildman–Crippen LogP) is 4.78. The number of H-pyrrole nitrogens is 1. The Morgan fingerprint density at radius 3 is 1.92 bits per heavy atom. The summed E-state index contributed by atoms with van der Waals surface area (Å²) in [5.41, 5.74) is 0.586. The van der Waals surface area contributed by atoms with Gasteiger partial charge < -0.3 is 9.47 Å². The third-order valence-corrected chi connectivity index (χ3v) is 7.17. The molecule has 1 saturated heterocycles. The van der Waals surface area contributed by atoms with E-state index in [1.54, 1.807) is 0 Å². The van der Waals surface area contributed by atoms with Gasteiger partial charge in [0.25, 0.3) is 5.56 Å². The zero-order valence-electron chi connectivity index (χ0n) is 19.2. The second-order valence-electron chi connectivity index (χ2n) is 8.61. The molecule has 184 valence electrons. The topological polar surface area (TPSA) is 73.3 Å². The summed E-state index contributed by atoms with van der Waals surface area (Å²) < 4.78 is 29.4. The minimum absolute atomic E-state index is 0.0227. The first-order valence-corrected chi connectivity index (χ1v) is 12.7. The van der Waals surface area contributed by atoms with Gasteiger partial charge in [-0.15, -0.1) is 0 Å². The van der Waals surface area contributed by atoms with Gasteiger partial charge in [-0.05, 0) is 39.3 Å². The molecule has 8 heteroatoms. The zero-order valence-corrected chi connectivity index (χ0v) is 21.4. The highest BCUT2D eigenvalue weighted by atomic mass is 127. The molecule has 0 amide bonds. The number of alkyl halides is 1. The molecule has 0 bridgehead atoms. The van der Waals surface area contributed by atoms with Crippen LogP contribution in [0.3, 0.4) is 0 Å². The molecular weight excluding hydrogens is 574 g/mol. The minimum atomic E-state index is -1.36. The summed E-state index contributed by atoms with van der Waals surface area (Å²) in [7, 11) is 0. The average Bonchev–Trinajstić information content (AvgIpc) is 3.28. The predicted molar refractivity (Wildman–Crippen MR) is 143 cm³/mol. The Bertz CT molecular complexity index is 1330. The normalized spacial score (nSPS) is 19.9. The first-order valence-electron chi connectivity index (χ1n) is 11.6. The molecule has 3 aromatic carbocycles. The molecule has 0 unspecified atom stereocenters. The lowest BCUT2D eigenvalue weighted by Crippen LogP contribution is -2.37. The van der Waals surface area contributed by atoms with Gasteiger partial charge in [-0.25, -0.2) is 9.18 Å². The van der Waals surface area contributed by atoms with Crippen molar-refractivity contribution in [1.29, 1.82) is 0 Å². The molecule has 0 radical (unpaired) electrons. The second-order valence-corrected chi connectivity index (χ2v) is 9.78. The fourth-order valence-electron chi connectivity index (χ4n) is 4.66. The Hall–Kier alpha value is -3.08. The molecule has 4 aromatic rings. The average molecular weight is 598 g/mol. The van der Waals surface area contributed by atoms with Crippen LogP contribution in [0.25, 0.3) is 0 Å². The van der Waals surface area contributed by atoms with Crippen molar-refractivity contribution >= 4 is 22.6 Å². The fraction of sp³-hybridized carbons (Fsp3) is 0.214. The van der Waals surface area contributed by atoms with Gasteiger partial charge in [0, 0.05) is 12.6 Å². The van der Waals surface area contributed by atoms with E-state index >= 15 is 4.39 Å². The molecule has 1 fully saturated rings. The highest BCUT2D eigenvalue weighted by Gasteiger charge is 2.42. The molecule has 0 spiro atoms. The molecule has 6 nitrogen and oxygen atoms in total. The molecular formula is C28H24FIN2O4. The molecule has 5 rings (SSSR count). The van der Waals surface area contributed by atoms with E-state index in [1.807, 2.05) is 114 Å². The summed E-state index contributed by atoms with van der Waals surface area (Å²) >= 11 is 1.83. The number of nitrogens with zero attached hydrogens (tertiary/aromatic N) is 1. The van der Waals surface area contributed by atoms with Crippen LogP contribution in [0.5, 0.6) is 0 Å². The second kappa shape index (κ2) is 10.5. The number of halogens is 2. The van der Waals surface area contributed by atoms with Crippen LogP contribution in [0.2, 0.25) is 0 Å².